The van der Waals surface area contributed by atoms with Crippen molar-refractivity contribution in [2.24, 2.45) is 5.73 Å². The molecule has 2 aliphatic rings. The largest absolute Gasteiger partial charge is 0.378 e. The molecule has 0 aromatic rings. The van der Waals surface area contributed by atoms with Crippen molar-refractivity contribution in [3.63, 3.8) is 0 Å². The van der Waals surface area contributed by atoms with Crippen LogP contribution < -0.4 is 11.1 Å². The summed E-state index contributed by atoms with van der Waals surface area (Å²) in [6, 6.07) is -0.356. The molecule has 6 nitrogen and oxygen atoms in total. The zero-order valence-corrected chi connectivity index (χ0v) is 7.78. The Bertz CT molecular complexity index is 273. The minimum Gasteiger partial charge on any atom is -0.378 e. The lowest BCUT2D eigenvalue weighted by atomic mass is 9.97. The Labute approximate surface area is 81.4 Å². The second kappa shape index (κ2) is 3.21. The highest BCUT2D eigenvalue weighted by molar-refractivity contribution is 6.07. The molecule has 0 aromatic carbocycles. The number of hydrogen-bond donors (Lipinski definition) is 2. The van der Waals surface area contributed by atoms with Crippen molar-refractivity contribution >= 4 is 11.9 Å². The monoisotopic (exact) mass is 199 g/mol. The molecule has 0 radical (unpaired) electrons. The Hall–Kier alpha value is -1.14. The first-order chi connectivity index (χ1) is 6.70. The molecule has 1 unspecified atom stereocenters. The van der Waals surface area contributed by atoms with E-state index in [1.807, 2.05) is 0 Å². The van der Waals surface area contributed by atoms with Gasteiger partial charge in [0, 0.05) is 26.1 Å². The van der Waals surface area contributed by atoms with Gasteiger partial charge in [-0.3, -0.25) is 10.1 Å². The van der Waals surface area contributed by atoms with Crippen LogP contribution in [0.4, 0.5) is 4.79 Å². The fourth-order valence-electron chi connectivity index (χ4n) is 1.99. The fraction of sp³-hybridized carbons (Fsp3) is 0.750. The van der Waals surface area contributed by atoms with E-state index in [4.69, 9.17) is 10.5 Å². The SMILES string of the molecule is NCCN1C(=O)NC(=O)C12CCOC2. The molecule has 2 heterocycles. The Morgan fingerprint density at radius 1 is 1.57 bits per heavy atom. The Morgan fingerprint density at radius 2 is 2.36 bits per heavy atom. The second-order valence-corrected chi connectivity index (χ2v) is 3.53. The van der Waals surface area contributed by atoms with Crippen molar-refractivity contribution in [3.8, 4) is 0 Å². The van der Waals surface area contributed by atoms with Crippen LogP contribution in [0.25, 0.3) is 0 Å². The van der Waals surface area contributed by atoms with E-state index in [2.05, 4.69) is 5.32 Å². The van der Waals surface area contributed by atoms with Crippen molar-refractivity contribution in [3.05, 3.63) is 0 Å². The van der Waals surface area contributed by atoms with Crippen LogP contribution in [-0.4, -0.2) is 48.7 Å². The van der Waals surface area contributed by atoms with Gasteiger partial charge < -0.3 is 15.4 Å². The number of nitrogens with two attached hydrogens (primary N) is 1. The molecule has 3 amide bonds. The number of amides is 3. The average Bonchev–Trinajstić information content (AvgIpc) is 2.70. The number of urea groups is 1. The van der Waals surface area contributed by atoms with Gasteiger partial charge in [-0.15, -0.1) is 0 Å². The van der Waals surface area contributed by atoms with Gasteiger partial charge in [-0.2, -0.15) is 0 Å². The lowest BCUT2D eigenvalue weighted by Crippen LogP contribution is -2.51. The second-order valence-electron chi connectivity index (χ2n) is 3.53. The Morgan fingerprint density at radius 3 is 2.93 bits per heavy atom. The van der Waals surface area contributed by atoms with Crippen molar-refractivity contribution in [2.45, 2.75) is 12.0 Å². The fourth-order valence-corrected chi connectivity index (χ4v) is 1.99. The van der Waals surface area contributed by atoms with Gasteiger partial charge in [-0.05, 0) is 0 Å². The summed E-state index contributed by atoms with van der Waals surface area (Å²) in [5.41, 5.74) is 4.61. The van der Waals surface area contributed by atoms with Crippen molar-refractivity contribution in [1.29, 1.82) is 0 Å². The molecule has 6 heteroatoms. The van der Waals surface area contributed by atoms with E-state index in [9.17, 15) is 9.59 Å². The summed E-state index contributed by atoms with van der Waals surface area (Å²) < 4.78 is 5.18. The molecule has 3 N–H and O–H groups in total. The lowest BCUT2D eigenvalue weighted by molar-refractivity contribution is -0.126. The highest BCUT2D eigenvalue weighted by Crippen LogP contribution is 2.30. The van der Waals surface area contributed by atoms with Crippen molar-refractivity contribution in [2.75, 3.05) is 26.3 Å². The van der Waals surface area contributed by atoms with E-state index in [0.717, 1.165) is 0 Å². The maximum atomic E-state index is 11.6. The van der Waals surface area contributed by atoms with Crippen LogP contribution >= 0.6 is 0 Å². The molecule has 0 aliphatic carbocycles. The van der Waals surface area contributed by atoms with Crippen LogP contribution in [0.5, 0.6) is 0 Å². The summed E-state index contributed by atoms with van der Waals surface area (Å²) in [6.45, 7) is 1.54. The summed E-state index contributed by atoms with van der Waals surface area (Å²) in [5.74, 6) is -0.256. The number of rotatable bonds is 2. The Kier molecular flexibility index (Phi) is 2.16. The maximum Gasteiger partial charge on any atom is 0.325 e. The highest BCUT2D eigenvalue weighted by atomic mass is 16.5. The standard InChI is InChI=1S/C8H13N3O3/c9-2-3-11-7(13)10-6(12)8(11)1-4-14-5-8/h1-5,9H2,(H,10,12,13). The zero-order valence-electron chi connectivity index (χ0n) is 7.78. The molecule has 2 saturated heterocycles. The van der Waals surface area contributed by atoms with E-state index in [1.165, 1.54) is 4.90 Å². The molecule has 1 atom stereocenters. The van der Waals surface area contributed by atoms with Gasteiger partial charge in [0.15, 0.2) is 0 Å². The molecule has 1 spiro atoms. The number of hydrogen-bond acceptors (Lipinski definition) is 4. The third kappa shape index (κ3) is 1.11. The summed E-state index contributed by atoms with van der Waals surface area (Å²) in [7, 11) is 0. The molecule has 2 fully saturated rings. The van der Waals surface area contributed by atoms with E-state index in [-0.39, 0.29) is 18.5 Å². The molecule has 78 valence electrons. The van der Waals surface area contributed by atoms with Crippen LogP contribution in [0.1, 0.15) is 6.42 Å². The number of carbonyl (C=O) groups is 2. The number of nitrogens with one attached hydrogen (secondary N) is 1. The molecular weight excluding hydrogens is 186 g/mol. The summed E-state index contributed by atoms with van der Waals surface area (Å²) in [4.78, 5) is 24.5. The molecule has 0 bridgehead atoms. The first-order valence-corrected chi connectivity index (χ1v) is 4.61. The topological polar surface area (TPSA) is 84.7 Å². The number of nitrogens with zero attached hydrogens (tertiary/aromatic N) is 1. The van der Waals surface area contributed by atoms with Gasteiger partial charge in [-0.1, -0.05) is 0 Å². The summed E-state index contributed by atoms with van der Waals surface area (Å²) >= 11 is 0. The molecule has 0 saturated carbocycles. The van der Waals surface area contributed by atoms with Gasteiger partial charge in [-0.25, -0.2) is 4.79 Å². The highest BCUT2D eigenvalue weighted by Gasteiger charge is 2.54. The van der Waals surface area contributed by atoms with E-state index in [1.54, 1.807) is 0 Å². The minimum atomic E-state index is -0.781. The lowest BCUT2D eigenvalue weighted by Gasteiger charge is -2.29. The van der Waals surface area contributed by atoms with Gasteiger partial charge in [0.1, 0.15) is 5.54 Å². The van der Waals surface area contributed by atoms with Crippen LogP contribution in [0.15, 0.2) is 0 Å². The first kappa shape index (κ1) is 9.42. The van der Waals surface area contributed by atoms with Crippen molar-refractivity contribution < 1.29 is 14.3 Å². The third-order valence-corrected chi connectivity index (χ3v) is 2.76. The number of carbonyl (C=O) groups excluding carboxylic acids is 2. The third-order valence-electron chi connectivity index (χ3n) is 2.76. The van der Waals surface area contributed by atoms with E-state index >= 15 is 0 Å². The number of ether oxygens (including phenoxy) is 1. The molecule has 14 heavy (non-hydrogen) atoms. The van der Waals surface area contributed by atoms with Gasteiger partial charge >= 0.3 is 6.03 Å². The van der Waals surface area contributed by atoms with Crippen LogP contribution in [0.3, 0.4) is 0 Å². The van der Waals surface area contributed by atoms with Crippen LogP contribution in [0, 0.1) is 0 Å². The summed E-state index contributed by atoms with van der Waals surface area (Å²) in [6.07, 6.45) is 0.560. The predicted octanol–water partition coefficient (Wildman–Crippen LogP) is -1.34. The predicted molar refractivity (Wildman–Crippen MR) is 47.5 cm³/mol. The van der Waals surface area contributed by atoms with E-state index < -0.39 is 5.54 Å². The first-order valence-electron chi connectivity index (χ1n) is 4.61. The van der Waals surface area contributed by atoms with Gasteiger partial charge in [0.2, 0.25) is 0 Å². The molecule has 0 aromatic heterocycles. The maximum absolute atomic E-state index is 11.6. The quantitative estimate of drug-likeness (QED) is 0.539. The van der Waals surface area contributed by atoms with Crippen molar-refractivity contribution in [1.82, 2.24) is 10.2 Å². The smallest absolute Gasteiger partial charge is 0.325 e. The number of imide groups is 1. The Balaban J connectivity index is 2.26. The van der Waals surface area contributed by atoms with E-state index in [0.29, 0.717) is 26.1 Å². The molecule has 2 aliphatic heterocycles. The molecule has 2 rings (SSSR count). The summed E-state index contributed by atoms with van der Waals surface area (Å²) in [5, 5.41) is 2.30. The van der Waals surface area contributed by atoms with Gasteiger partial charge in [0.05, 0.1) is 6.61 Å². The van der Waals surface area contributed by atoms with Crippen LogP contribution in [-0.2, 0) is 9.53 Å². The average molecular weight is 199 g/mol. The minimum absolute atomic E-state index is 0.256. The zero-order chi connectivity index (χ0) is 10.2. The van der Waals surface area contributed by atoms with Gasteiger partial charge in [0.25, 0.3) is 5.91 Å². The normalized spacial score (nSPS) is 31.6. The molecular formula is C8H13N3O3. The van der Waals surface area contributed by atoms with Crippen LogP contribution in [0.2, 0.25) is 0 Å².